The maximum Gasteiger partial charge on any atom is 0.298 e. The molecule has 6 heteroatoms. The number of aliphatic hydroxyl groups is 1. The second kappa shape index (κ2) is 4.89. The van der Waals surface area contributed by atoms with Crippen LogP contribution in [0, 0.1) is 0 Å². The molecule has 0 spiro atoms. The van der Waals surface area contributed by atoms with Crippen molar-refractivity contribution in [2.24, 2.45) is 0 Å². The Bertz CT molecular complexity index is 642. The Morgan fingerprint density at radius 3 is 2.76 bits per heavy atom. The number of fused-ring (bicyclic) bond motifs is 1. The molecular weight excluding hydrogens is 268 g/mol. The van der Waals surface area contributed by atoms with Crippen molar-refractivity contribution in [1.82, 2.24) is 9.88 Å². The van der Waals surface area contributed by atoms with Crippen molar-refractivity contribution in [2.75, 3.05) is 36.8 Å². The molecule has 2 fully saturated rings. The predicted molar refractivity (Wildman–Crippen MR) is 81.2 cm³/mol. The average Bonchev–Trinajstić information content (AvgIpc) is 2.81. The summed E-state index contributed by atoms with van der Waals surface area (Å²) >= 11 is 0. The van der Waals surface area contributed by atoms with E-state index in [0.717, 1.165) is 50.1 Å². The first-order valence-electron chi connectivity index (χ1n) is 7.52. The molecule has 0 radical (unpaired) electrons. The van der Waals surface area contributed by atoms with Crippen molar-refractivity contribution in [2.45, 2.75) is 25.0 Å². The molecule has 21 heavy (non-hydrogen) atoms. The molecule has 0 aliphatic carbocycles. The molecule has 1 aromatic carbocycles. The van der Waals surface area contributed by atoms with Crippen molar-refractivity contribution in [3.63, 3.8) is 0 Å². The molecule has 2 saturated heterocycles. The van der Waals surface area contributed by atoms with Crippen LogP contribution in [0.15, 0.2) is 22.6 Å². The van der Waals surface area contributed by atoms with Gasteiger partial charge in [-0.25, -0.2) is 0 Å². The van der Waals surface area contributed by atoms with Gasteiger partial charge in [-0.2, -0.15) is 4.98 Å². The van der Waals surface area contributed by atoms with Gasteiger partial charge in [0.15, 0.2) is 5.58 Å². The van der Waals surface area contributed by atoms with E-state index in [1.54, 1.807) is 0 Å². The number of hydrogen-bond acceptors (Lipinski definition) is 6. The topological polar surface area (TPSA) is 78.8 Å². The van der Waals surface area contributed by atoms with Crippen LogP contribution in [0.4, 0.5) is 11.7 Å². The van der Waals surface area contributed by atoms with Crippen molar-refractivity contribution in [3.8, 4) is 0 Å². The minimum absolute atomic E-state index is 0.111. The molecule has 0 amide bonds. The summed E-state index contributed by atoms with van der Waals surface area (Å²) in [6.07, 6.45) is 1.66. The van der Waals surface area contributed by atoms with Gasteiger partial charge < -0.3 is 20.2 Å². The highest BCUT2D eigenvalue weighted by Crippen LogP contribution is 2.29. The molecule has 1 aromatic heterocycles. The van der Waals surface area contributed by atoms with Crippen molar-refractivity contribution < 1.29 is 9.52 Å². The Labute approximate surface area is 123 Å². The standard InChI is InChI=1S/C15H20N4O2/c16-10-1-2-14-13(7-10)17-15(21-14)19-8-11(9-19)18-5-3-12(20)4-6-18/h1-2,7,11-12,20H,3-6,8-9,16H2. The van der Waals surface area contributed by atoms with Crippen LogP contribution >= 0.6 is 0 Å². The normalized spacial score (nSPS) is 21.9. The van der Waals surface area contributed by atoms with Crippen LogP contribution in [0.2, 0.25) is 0 Å². The number of hydrogen-bond donors (Lipinski definition) is 2. The van der Waals surface area contributed by atoms with Crippen molar-refractivity contribution in [3.05, 3.63) is 18.2 Å². The molecule has 0 bridgehead atoms. The lowest BCUT2D eigenvalue weighted by atomic mass is 10.0. The van der Waals surface area contributed by atoms with Gasteiger partial charge in [-0.3, -0.25) is 4.90 Å². The van der Waals surface area contributed by atoms with Gasteiger partial charge in [0.1, 0.15) is 5.52 Å². The summed E-state index contributed by atoms with van der Waals surface area (Å²) in [5, 5.41) is 9.56. The number of anilines is 2. The summed E-state index contributed by atoms with van der Waals surface area (Å²) in [5.41, 5.74) is 8.06. The Kier molecular flexibility index (Phi) is 3.01. The quantitative estimate of drug-likeness (QED) is 0.804. The third-order valence-electron chi connectivity index (χ3n) is 4.55. The predicted octanol–water partition coefficient (Wildman–Crippen LogP) is 1.06. The smallest absolute Gasteiger partial charge is 0.298 e. The minimum Gasteiger partial charge on any atom is -0.423 e. The van der Waals surface area contributed by atoms with Crippen LogP contribution in [-0.2, 0) is 0 Å². The van der Waals surface area contributed by atoms with Crippen LogP contribution < -0.4 is 10.6 Å². The fourth-order valence-electron chi connectivity index (χ4n) is 3.16. The molecule has 2 aliphatic heterocycles. The van der Waals surface area contributed by atoms with Crippen LogP contribution in [-0.4, -0.2) is 53.3 Å². The number of benzene rings is 1. The molecular formula is C15H20N4O2. The fourth-order valence-corrected chi connectivity index (χ4v) is 3.16. The number of likely N-dealkylation sites (tertiary alicyclic amines) is 1. The molecule has 0 unspecified atom stereocenters. The molecule has 4 rings (SSSR count). The average molecular weight is 288 g/mol. The molecule has 6 nitrogen and oxygen atoms in total. The summed E-state index contributed by atoms with van der Waals surface area (Å²) in [4.78, 5) is 9.13. The number of nitrogens with zero attached hydrogens (tertiary/aromatic N) is 3. The minimum atomic E-state index is -0.111. The first-order chi connectivity index (χ1) is 10.2. The lowest BCUT2D eigenvalue weighted by molar-refractivity contribution is 0.0522. The number of oxazole rings is 1. The summed E-state index contributed by atoms with van der Waals surface area (Å²) in [6.45, 7) is 3.87. The molecule has 0 atom stereocenters. The first kappa shape index (κ1) is 12.9. The summed E-state index contributed by atoms with van der Waals surface area (Å²) in [6, 6.07) is 6.77. The second-order valence-electron chi connectivity index (χ2n) is 6.05. The van der Waals surface area contributed by atoms with Crippen molar-refractivity contribution in [1.29, 1.82) is 0 Å². The number of rotatable bonds is 2. The lowest BCUT2D eigenvalue weighted by Gasteiger charge is -2.46. The highest BCUT2D eigenvalue weighted by Gasteiger charge is 2.35. The van der Waals surface area contributed by atoms with Gasteiger partial charge in [0.2, 0.25) is 0 Å². The maximum atomic E-state index is 9.56. The van der Waals surface area contributed by atoms with Crippen LogP contribution in [0.25, 0.3) is 11.1 Å². The van der Waals surface area contributed by atoms with Gasteiger partial charge in [-0.1, -0.05) is 0 Å². The second-order valence-corrected chi connectivity index (χ2v) is 6.05. The third kappa shape index (κ3) is 2.34. The van der Waals surface area contributed by atoms with E-state index in [1.807, 2.05) is 18.2 Å². The summed E-state index contributed by atoms with van der Waals surface area (Å²) in [7, 11) is 0. The Morgan fingerprint density at radius 1 is 1.24 bits per heavy atom. The number of nitrogens with two attached hydrogens (primary N) is 1. The Morgan fingerprint density at radius 2 is 2.00 bits per heavy atom. The Hall–Kier alpha value is -1.79. The highest BCUT2D eigenvalue weighted by atomic mass is 16.4. The molecule has 2 aliphatic rings. The van der Waals surface area contributed by atoms with Crippen LogP contribution in [0.1, 0.15) is 12.8 Å². The van der Waals surface area contributed by atoms with Gasteiger partial charge in [0, 0.05) is 37.9 Å². The van der Waals surface area contributed by atoms with E-state index < -0.39 is 0 Å². The number of piperidine rings is 1. The zero-order valence-corrected chi connectivity index (χ0v) is 11.9. The van der Waals surface area contributed by atoms with E-state index >= 15 is 0 Å². The summed E-state index contributed by atoms with van der Waals surface area (Å²) < 4.78 is 5.78. The van der Waals surface area contributed by atoms with Gasteiger partial charge in [0.25, 0.3) is 6.01 Å². The SMILES string of the molecule is Nc1ccc2oc(N3CC(N4CCC(O)CC4)C3)nc2c1. The number of nitrogen functional groups attached to an aromatic ring is 1. The van der Waals surface area contributed by atoms with Crippen molar-refractivity contribution >= 4 is 22.8 Å². The van der Waals surface area contributed by atoms with E-state index in [9.17, 15) is 5.11 Å². The molecule has 2 aromatic rings. The van der Waals surface area contributed by atoms with Gasteiger partial charge >= 0.3 is 0 Å². The van der Waals surface area contributed by atoms with Gasteiger partial charge in [-0.15, -0.1) is 0 Å². The van der Waals surface area contributed by atoms with E-state index in [2.05, 4.69) is 14.8 Å². The molecule has 112 valence electrons. The maximum absolute atomic E-state index is 9.56. The lowest BCUT2D eigenvalue weighted by Crippen LogP contribution is -2.61. The largest absolute Gasteiger partial charge is 0.423 e. The number of aliphatic hydroxyl groups excluding tert-OH is 1. The summed E-state index contributed by atoms with van der Waals surface area (Å²) in [5.74, 6) is 0. The first-order valence-corrected chi connectivity index (χ1v) is 7.52. The van der Waals surface area contributed by atoms with Gasteiger partial charge in [0.05, 0.1) is 6.10 Å². The molecule has 3 heterocycles. The molecule has 0 saturated carbocycles. The van der Waals surface area contributed by atoms with E-state index in [1.165, 1.54) is 0 Å². The fraction of sp³-hybridized carbons (Fsp3) is 0.533. The number of aromatic nitrogens is 1. The van der Waals surface area contributed by atoms with Crippen LogP contribution in [0.5, 0.6) is 0 Å². The highest BCUT2D eigenvalue weighted by molar-refractivity contribution is 5.78. The van der Waals surface area contributed by atoms with Gasteiger partial charge in [-0.05, 0) is 31.0 Å². The zero-order valence-electron chi connectivity index (χ0n) is 11.9. The zero-order chi connectivity index (χ0) is 14.4. The van der Waals surface area contributed by atoms with E-state index in [-0.39, 0.29) is 6.10 Å². The van der Waals surface area contributed by atoms with Crippen LogP contribution in [0.3, 0.4) is 0 Å². The Balaban J connectivity index is 1.42. The monoisotopic (exact) mass is 288 g/mol. The van der Waals surface area contributed by atoms with E-state index in [0.29, 0.717) is 17.7 Å². The van der Waals surface area contributed by atoms with E-state index in [4.69, 9.17) is 10.2 Å². The third-order valence-corrected chi connectivity index (χ3v) is 4.55. The molecule has 3 N–H and O–H groups in total.